The van der Waals surface area contributed by atoms with Crippen LogP contribution in [-0.4, -0.2) is 12.8 Å². The van der Waals surface area contributed by atoms with Gasteiger partial charge in [0.15, 0.2) is 0 Å². The molecule has 0 saturated carbocycles. The Bertz CT molecular complexity index is 824. The predicted molar refractivity (Wildman–Crippen MR) is 110 cm³/mol. The average molecular weight is 389 g/mol. The lowest BCUT2D eigenvalue weighted by molar-refractivity contribution is -0.137. The third-order valence-corrected chi connectivity index (χ3v) is 4.62. The molecule has 0 fully saturated rings. The van der Waals surface area contributed by atoms with Crippen LogP contribution in [0.5, 0.6) is 0 Å². The Balaban J connectivity index is 0.00000136. The lowest BCUT2D eigenvalue weighted by Gasteiger charge is -2.32. The maximum atomic E-state index is 12.7. The van der Waals surface area contributed by atoms with Gasteiger partial charge in [0.05, 0.1) is 5.56 Å². The molecule has 3 N–H and O–H groups in total. The zero-order valence-electron chi connectivity index (χ0n) is 16.2. The fourth-order valence-corrected chi connectivity index (χ4v) is 3.27. The van der Waals surface area contributed by atoms with Crippen LogP contribution in [0.2, 0.25) is 0 Å². The quantitative estimate of drug-likeness (QED) is 0.666. The van der Waals surface area contributed by atoms with Crippen molar-refractivity contribution in [1.29, 1.82) is 5.41 Å². The maximum absolute atomic E-state index is 12.7. The molecular weight excluding hydrogens is 363 g/mol. The predicted octanol–water partition coefficient (Wildman–Crippen LogP) is 5.63. The molecule has 0 aromatic heterocycles. The van der Waals surface area contributed by atoms with Crippen molar-refractivity contribution in [3.05, 3.63) is 70.9 Å². The van der Waals surface area contributed by atoms with Gasteiger partial charge in [-0.05, 0) is 53.8 Å². The summed E-state index contributed by atoms with van der Waals surface area (Å²) in [5.74, 6) is 0. The molecule has 0 atom stereocenters. The minimum atomic E-state index is -4.31. The molecule has 150 valence electrons. The summed E-state index contributed by atoms with van der Waals surface area (Å²) in [6, 6.07) is 11.3. The van der Waals surface area contributed by atoms with Gasteiger partial charge < -0.3 is 16.0 Å². The highest BCUT2D eigenvalue weighted by molar-refractivity contribution is 6.08. The molecule has 3 rings (SSSR count). The number of benzene rings is 2. The first-order chi connectivity index (χ1) is 13.4. The molecule has 0 unspecified atom stereocenters. The highest BCUT2D eigenvalue weighted by Gasteiger charge is 2.30. The van der Waals surface area contributed by atoms with Crippen LogP contribution in [-0.2, 0) is 19.1 Å². The fourth-order valence-electron chi connectivity index (χ4n) is 3.27. The Morgan fingerprint density at radius 3 is 2.39 bits per heavy atom. The number of hydrogen-bond donors (Lipinski definition) is 2. The third kappa shape index (κ3) is 4.94. The van der Waals surface area contributed by atoms with Crippen LogP contribution in [0.1, 0.15) is 42.5 Å². The Morgan fingerprint density at radius 1 is 1.14 bits per heavy atom. The van der Waals surface area contributed by atoms with Gasteiger partial charge in [-0.1, -0.05) is 32.0 Å². The smallest absolute Gasteiger partial charge is 0.404 e. The summed E-state index contributed by atoms with van der Waals surface area (Å²) in [5, 5.41) is 7.42. The molecule has 1 aliphatic heterocycles. The molecule has 1 aliphatic rings. The lowest BCUT2D eigenvalue weighted by atomic mass is 9.96. The van der Waals surface area contributed by atoms with Gasteiger partial charge >= 0.3 is 6.18 Å². The highest BCUT2D eigenvalue weighted by atomic mass is 19.4. The lowest BCUT2D eigenvalue weighted by Crippen LogP contribution is -2.28. The van der Waals surface area contributed by atoms with E-state index in [4.69, 9.17) is 11.1 Å². The molecule has 2 aromatic rings. The second kappa shape index (κ2) is 9.44. The van der Waals surface area contributed by atoms with Gasteiger partial charge in [-0.3, -0.25) is 0 Å². The van der Waals surface area contributed by atoms with Gasteiger partial charge in [-0.15, -0.1) is 0 Å². The summed E-state index contributed by atoms with van der Waals surface area (Å²) in [7, 11) is 0. The Kier molecular flexibility index (Phi) is 7.26. The van der Waals surface area contributed by atoms with Crippen molar-refractivity contribution in [2.45, 2.75) is 39.4 Å². The van der Waals surface area contributed by atoms with E-state index < -0.39 is 11.7 Å². The first-order valence-corrected chi connectivity index (χ1v) is 9.39. The summed E-state index contributed by atoms with van der Waals surface area (Å²) < 4.78 is 38.1. The zero-order valence-corrected chi connectivity index (χ0v) is 16.2. The van der Waals surface area contributed by atoms with Crippen molar-refractivity contribution in [3.8, 4) is 0 Å². The highest BCUT2D eigenvalue weighted by Crippen LogP contribution is 2.32. The van der Waals surface area contributed by atoms with E-state index in [1.807, 2.05) is 32.0 Å². The van der Waals surface area contributed by atoms with Gasteiger partial charge in [0.1, 0.15) is 0 Å². The summed E-state index contributed by atoms with van der Waals surface area (Å²) in [6.45, 7) is 5.42. The van der Waals surface area contributed by atoms with Crippen LogP contribution in [0.3, 0.4) is 0 Å². The van der Waals surface area contributed by atoms with Crippen molar-refractivity contribution in [1.82, 2.24) is 0 Å². The van der Waals surface area contributed by atoms with Gasteiger partial charge in [0, 0.05) is 36.8 Å². The molecule has 0 amide bonds. The van der Waals surface area contributed by atoms with Crippen molar-refractivity contribution >= 4 is 17.5 Å². The first kappa shape index (κ1) is 21.5. The number of nitrogens with zero attached hydrogens (tertiary/aromatic N) is 1. The summed E-state index contributed by atoms with van der Waals surface area (Å²) in [4.78, 5) is 2.18. The molecule has 2 aromatic carbocycles. The van der Waals surface area contributed by atoms with Crippen molar-refractivity contribution in [2.24, 2.45) is 5.73 Å². The van der Waals surface area contributed by atoms with Crippen LogP contribution < -0.4 is 10.6 Å². The van der Waals surface area contributed by atoms with Crippen LogP contribution >= 0.6 is 0 Å². The molecule has 6 heteroatoms. The Labute approximate surface area is 164 Å². The molecule has 3 nitrogen and oxygen atoms in total. The third-order valence-electron chi connectivity index (χ3n) is 4.62. The van der Waals surface area contributed by atoms with Crippen molar-refractivity contribution in [3.63, 3.8) is 0 Å². The Hall–Kier alpha value is -2.76. The molecule has 0 radical (unpaired) electrons. The number of halogens is 3. The monoisotopic (exact) mass is 389 g/mol. The summed E-state index contributed by atoms with van der Waals surface area (Å²) in [6.07, 6.45) is 0.240. The van der Waals surface area contributed by atoms with Crippen LogP contribution in [0.25, 0.3) is 5.57 Å². The molecule has 0 saturated heterocycles. The molecule has 0 bridgehead atoms. The van der Waals surface area contributed by atoms with Gasteiger partial charge in [-0.25, -0.2) is 0 Å². The molecular formula is C22H26F3N3. The van der Waals surface area contributed by atoms with E-state index in [2.05, 4.69) is 4.90 Å². The largest absolute Gasteiger partial charge is 0.416 e. The molecule has 28 heavy (non-hydrogen) atoms. The van der Waals surface area contributed by atoms with Gasteiger partial charge in [-0.2, -0.15) is 13.2 Å². The zero-order chi connectivity index (χ0) is 20.7. The topological polar surface area (TPSA) is 53.1 Å². The van der Waals surface area contributed by atoms with E-state index in [1.54, 1.807) is 0 Å². The molecule has 0 spiro atoms. The van der Waals surface area contributed by atoms with Crippen LogP contribution in [0, 0.1) is 5.41 Å². The van der Waals surface area contributed by atoms with E-state index in [1.165, 1.54) is 30.1 Å². The number of fused-ring (bicyclic) bond motifs is 1. The number of anilines is 1. The van der Waals surface area contributed by atoms with Crippen LogP contribution in [0.4, 0.5) is 18.9 Å². The normalized spacial score (nSPS) is 14.0. The van der Waals surface area contributed by atoms with Crippen molar-refractivity contribution < 1.29 is 13.2 Å². The average Bonchev–Trinajstić information content (AvgIpc) is 2.70. The number of aryl methyl sites for hydroxylation is 1. The maximum Gasteiger partial charge on any atom is 0.416 e. The van der Waals surface area contributed by atoms with Crippen molar-refractivity contribution in [2.75, 3.05) is 11.4 Å². The minimum Gasteiger partial charge on any atom is -0.404 e. The minimum absolute atomic E-state index is 0.564. The van der Waals surface area contributed by atoms with E-state index in [0.717, 1.165) is 48.3 Å². The number of nitrogens with two attached hydrogens (primary N) is 1. The van der Waals surface area contributed by atoms with Gasteiger partial charge in [0.2, 0.25) is 0 Å². The van der Waals surface area contributed by atoms with E-state index in [9.17, 15) is 13.2 Å². The number of hydrogen-bond acceptors (Lipinski definition) is 3. The van der Waals surface area contributed by atoms with E-state index in [-0.39, 0.29) is 0 Å². The molecule has 0 aliphatic carbocycles. The fraction of sp³-hybridized carbons (Fsp3) is 0.318. The number of rotatable bonds is 4. The number of nitrogens with one attached hydrogen (secondary N) is 1. The van der Waals surface area contributed by atoms with E-state index >= 15 is 0 Å². The standard InChI is InChI=1S/C20H20F3N3.C2H6/c21-20(22,23)18-6-3-14(4-7-18)13-26-9-1-2-16-10-15(5-8-19(16)26)17(11-24)12-25;1-2/h3-8,10-12,24H,1-2,9,13,25H2;1-2H3/b17-12+,24-11?;. The van der Waals surface area contributed by atoms with E-state index in [0.29, 0.717) is 12.1 Å². The number of alkyl halides is 3. The second-order valence-corrected chi connectivity index (χ2v) is 6.33. The number of allylic oxidation sites excluding steroid dienone is 1. The summed E-state index contributed by atoms with van der Waals surface area (Å²) >= 11 is 0. The van der Waals surface area contributed by atoms with Gasteiger partial charge in [0.25, 0.3) is 0 Å². The Morgan fingerprint density at radius 2 is 1.82 bits per heavy atom. The summed E-state index contributed by atoms with van der Waals surface area (Å²) in [5.41, 5.74) is 9.59. The second-order valence-electron chi connectivity index (χ2n) is 6.33. The SMILES string of the molecule is CC.N=C/C(=C\N)c1ccc2c(c1)CCCN2Cc1ccc(C(F)(F)F)cc1. The molecule has 1 heterocycles. The van der Waals surface area contributed by atoms with Crippen LogP contribution in [0.15, 0.2) is 48.7 Å². The first-order valence-electron chi connectivity index (χ1n) is 9.39.